The minimum atomic E-state index is -0.0222. The summed E-state index contributed by atoms with van der Waals surface area (Å²) in [6, 6.07) is 7.72. The summed E-state index contributed by atoms with van der Waals surface area (Å²) in [6.45, 7) is 4.05. The molecule has 1 heterocycles. The van der Waals surface area contributed by atoms with Crippen molar-refractivity contribution in [3.05, 3.63) is 36.2 Å². The van der Waals surface area contributed by atoms with Crippen molar-refractivity contribution in [3.8, 4) is 0 Å². The standard InChI is InChI=1S/C15H17N5OS/c1-3-20(10(2)21)14-9-17-13(8-18-19-15(16)22)11-6-4-5-7-12(11)14/h4-9H,3H2,1-2H3,(H3,16,19,22)/b18-8+. The minimum Gasteiger partial charge on any atom is -0.375 e. The number of carbonyl (C=O) groups excluding carboxylic acids is 1. The zero-order valence-electron chi connectivity index (χ0n) is 12.4. The molecule has 114 valence electrons. The number of hydrogen-bond donors (Lipinski definition) is 2. The molecule has 22 heavy (non-hydrogen) atoms. The summed E-state index contributed by atoms with van der Waals surface area (Å²) >= 11 is 4.69. The Morgan fingerprint density at radius 3 is 2.73 bits per heavy atom. The average Bonchev–Trinajstić information content (AvgIpc) is 2.49. The first-order valence-corrected chi connectivity index (χ1v) is 7.19. The first-order valence-electron chi connectivity index (χ1n) is 6.79. The second-order valence-electron chi connectivity index (χ2n) is 4.57. The Bertz CT molecular complexity index is 744. The predicted molar refractivity (Wildman–Crippen MR) is 93.0 cm³/mol. The van der Waals surface area contributed by atoms with Gasteiger partial charge in [0.05, 0.1) is 23.8 Å². The molecular weight excluding hydrogens is 298 g/mol. The Morgan fingerprint density at radius 1 is 1.45 bits per heavy atom. The van der Waals surface area contributed by atoms with Crippen LogP contribution in [0, 0.1) is 0 Å². The van der Waals surface area contributed by atoms with Gasteiger partial charge >= 0.3 is 0 Å². The Morgan fingerprint density at radius 2 is 2.14 bits per heavy atom. The van der Waals surface area contributed by atoms with E-state index in [-0.39, 0.29) is 11.0 Å². The normalized spacial score (nSPS) is 10.8. The second-order valence-corrected chi connectivity index (χ2v) is 5.01. The summed E-state index contributed by atoms with van der Waals surface area (Å²) in [6.07, 6.45) is 3.23. The molecule has 1 amide bonds. The molecule has 0 bridgehead atoms. The number of thiocarbonyl (C=S) groups is 1. The van der Waals surface area contributed by atoms with Gasteiger partial charge in [-0.25, -0.2) is 0 Å². The molecule has 6 nitrogen and oxygen atoms in total. The summed E-state index contributed by atoms with van der Waals surface area (Å²) in [5.74, 6) is -0.0222. The van der Waals surface area contributed by atoms with Crippen LogP contribution in [0.5, 0.6) is 0 Å². The van der Waals surface area contributed by atoms with Crippen molar-refractivity contribution < 1.29 is 4.79 Å². The highest BCUT2D eigenvalue weighted by molar-refractivity contribution is 7.80. The number of nitrogens with one attached hydrogen (secondary N) is 1. The quantitative estimate of drug-likeness (QED) is 0.510. The highest BCUT2D eigenvalue weighted by atomic mass is 32.1. The lowest BCUT2D eigenvalue weighted by atomic mass is 10.1. The maximum absolute atomic E-state index is 11.8. The molecule has 7 heteroatoms. The van der Waals surface area contributed by atoms with E-state index in [1.54, 1.807) is 24.2 Å². The van der Waals surface area contributed by atoms with Gasteiger partial charge in [0.1, 0.15) is 0 Å². The molecule has 2 aromatic rings. The van der Waals surface area contributed by atoms with Crippen molar-refractivity contribution in [2.24, 2.45) is 10.8 Å². The summed E-state index contributed by atoms with van der Waals surface area (Å²) in [7, 11) is 0. The van der Waals surface area contributed by atoms with Crippen LogP contribution < -0.4 is 16.1 Å². The lowest BCUT2D eigenvalue weighted by Gasteiger charge is -2.21. The van der Waals surface area contributed by atoms with E-state index in [1.165, 1.54) is 0 Å². The van der Waals surface area contributed by atoms with Gasteiger partial charge in [0, 0.05) is 24.2 Å². The molecule has 0 aliphatic carbocycles. The summed E-state index contributed by atoms with van der Waals surface area (Å²) < 4.78 is 0. The predicted octanol–water partition coefficient (Wildman–Crippen LogP) is 1.77. The number of carbonyl (C=O) groups is 1. The molecule has 2 rings (SSSR count). The fraction of sp³-hybridized carbons (Fsp3) is 0.200. The smallest absolute Gasteiger partial charge is 0.223 e. The van der Waals surface area contributed by atoms with E-state index < -0.39 is 0 Å². The largest absolute Gasteiger partial charge is 0.375 e. The third-order valence-corrected chi connectivity index (χ3v) is 3.24. The minimum absolute atomic E-state index is 0.0222. The van der Waals surface area contributed by atoms with Crippen molar-refractivity contribution in [1.29, 1.82) is 0 Å². The highest BCUT2D eigenvalue weighted by Crippen LogP contribution is 2.27. The number of hydrazone groups is 1. The van der Waals surface area contributed by atoms with Gasteiger partial charge in [-0.3, -0.25) is 15.2 Å². The van der Waals surface area contributed by atoms with Crippen LogP contribution in [0.25, 0.3) is 10.8 Å². The van der Waals surface area contributed by atoms with E-state index >= 15 is 0 Å². The summed E-state index contributed by atoms with van der Waals surface area (Å²) in [4.78, 5) is 17.9. The number of benzene rings is 1. The van der Waals surface area contributed by atoms with Gasteiger partial charge in [-0.15, -0.1) is 0 Å². The maximum Gasteiger partial charge on any atom is 0.223 e. The molecule has 0 saturated carbocycles. The Labute approximate surface area is 134 Å². The third kappa shape index (κ3) is 3.37. The van der Waals surface area contributed by atoms with Crippen molar-refractivity contribution in [2.45, 2.75) is 13.8 Å². The van der Waals surface area contributed by atoms with E-state index in [4.69, 9.17) is 18.0 Å². The molecular formula is C15H17N5OS. The van der Waals surface area contributed by atoms with Crippen LogP contribution in [0.2, 0.25) is 0 Å². The number of amides is 1. The molecule has 0 atom stereocenters. The van der Waals surface area contributed by atoms with Crippen LogP contribution in [-0.2, 0) is 4.79 Å². The number of nitrogens with zero attached hydrogens (tertiary/aromatic N) is 3. The van der Waals surface area contributed by atoms with Gasteiger partial charge in [-0.05, 0) is 19.1 Å². The van der Waals surface area contributed by atoms with Gasteiger partial charge in [0.25, 0.3) is 0 Å². The highest BCUT2D eigenvalue weighted by Gasteiger charge is 2.14. The van der Waals surface area contributed by atoms with Crippen LogP contribution in [0.1, 0.15) is 19.5 Å². The Hall–Kier alpha value is -2.54. The van der Waals surface area contributed by atoms with Crippen LogP contribution >= 0.6 is 12.2 Å². The molecule has 1 aromatic carbocycles. The van der Waals surface area contributed by atoms with E-state index in [1.807, 2.05) is 31.2 Å². The average molecular weight is 315 g/mol. The van der Waals surface area contributed by atoms with Gasteiger partial charge in [0.2, 0.25) is 5.91 Å². The molecule has 0 radical (unpaired) electrons. The number of nitrogens with two attached hydrogens (primary N) is 1. The van der Waals surface area contributed by atoms with Crippen molar-refractivity contribution in [1.82, 2.24) is 10.4 Å². The van der Waals surface area contributed by atoms with E-state index in [0.717, 1.165) is 16.5 Å². The molecule has 0 fully saturated rings. The third-order valence-electron chi connectivity index (χ3n) is 3.15. The number of rotatable bonds is 4. The van der Waals surface area contributed by atoms with Crippen molar-refractivity contribution in [3.63, 3.8) is 0 Å². The molecule has 1 aromatic heterocycles. The summed E-state index contributed by atoms with van der Waals surface area (Å²) in [5, 5.41) is 5.86. The molecule has 0 aliphatic heterocycles. The summed E-state index contributed by atoms with van der Waals surface area (Å²) in [5.41, 5.74) is 9.28. The lowest BCUT2D eigenvalue weighted by Crippen LogP contribution is -2.28. The Kier molecular flexibility index (Phi) is 5.00. The Balaban J connectivity index is 2.53. The van der Waals surface area contributed by atoms with Crippen molar-refractivity contribution in [2.75, 3.05) is 11.4 Å². The maximum atomic E-state index is 11.8. The molecule has 0 unspecified atom stereocenters. The van der Waals surface area contributed by atoms with E-state index in [0.29, 0.717) is 12.2 Å². The van der Waals surface area contributed by atoms with E-state index in [2.05, 4.69) is 15.5 Å². The molecule has 0 aliphatic rings. The van der Waals surface area contributed by atoms with Crippen LogP contribution in [0.4, 0.5) is 5.69 Å². The fourth-order valence-corrected chi connectivity index (χ4v) is 2.29. The zero-order valence-corrected chi connectivity index (χ0v) is 13.2. The molecule has 0 saturated heterocycles. The zero-order chi connectivity index (χ0) is 16.1. The van der Waals surface area contributed by atoms with Crippen LogP contribution in [0.15, 0.2) is 35.6 Å². The number of aromatic nitrogens is 1. The SMILES string of the molecule is CCN(C(C)=O)c1cnc(/C=N/NC(N)=S)c2ccccc12. The molecule has 3 N–H and O–H groups in total. The first-order chi connectivity index (χ1) is 10.5. The second kappa shape index (κ2) is 6.95. The van der Waals surface area contributed by atoms with Gasteiger partial charge in [-0.2, -0.15) is 5.10 Å². The number of pyridine rings is 1. The fourth-order valence-electron chi connectivity index (χ4n) is 2.24. The van der Waals surface area contributed by atoms with Gasteiger partial charge in [0.15, 0.2) is 5.11 Å². The number of anilines is 1. The van der Waals surface area contributed by atoms with Gasteiger partial charge < -0.3 is 10.6 Å². The van der Waals surface area contributed by atoms with E-state index in [9.17, 15) is 4.79 Å². The molecule has 0 spiro atoms. The lowest BCUT2D eigenvalue weighted by molar-refractivity contribution is -0.116. The first kappa shape index (κ1) is 15.8. The monoisotopic (exact) mass is 315 g/mol. The topological polar surface area (TPSA) is 83.6 Å². The van der Waals surface area contributed by atoms with Crippen LogP contribution in [-0.4, -0.2) is 28.8 Å². The number of hydrogen-bond acceptors (Lipinski definition) is 4. The number of fused-ring (bicyclic) bond motifs is 1. The van der Waals surface area contributed by atoms with Crippen molar-refractivity contribution >= 4 is 45.9 Å². The van der Waals surface area contributed by atoms with Crippen LogP contribution in [0.3, 0.4) is 0 Å². The van der Waals surface area contributed by atoms with Gasteiger partial charge in [-0.1, -0.05) is 24.3 Å².